The summed E-state index contributed by atoms with van der Waals surface area (Å²) < 4.78 is 35.9. The molecule has 1 aromatic rings. The van der Waals surface area contributed by atoms with E-state index in [1.54, 1.807) is 0 Å². The van der Waals surface area contributed by atoms with Crippen LogP contribution in [0.1, 0.15) is 69.3 Å². The number of nitrogens with zero attached hydrogens (tertiary/aromatic N) is 1. The van der Waals surface area contributed by atoms with Gasteiger partial charge in [-0.05, 0) is 80.4 Å². The van der Waals surface area contributed by atoms with Gasteiger partial charge in [0.1, 0.15) is 12.4 Å². The molecular weight excluding hydrogens is 478 g/mol. The molecule has 7 fully saturated rings. The van der Waals surface area contributed by atoms with Crippen molar-refractivity contribution >= 4 is 9.84 Å². The molecule has 7 nitrogen and oxygen atoms in total. The average molecular weight is 518 g/mol. The Morgan fingerprint density at radius 1 is 0.889 bits per heavy atom. The lowest BCUT2D eigenvalue weighted by molar-refractivity contribution is -0.390. The third kappa shape index (κ3) is 4.31. The average Bonchev–Trinajstić information content (AvgIpc) is 3.24. The van der Waals surface area contributed by atoms with E-state index in [-0.39, 0.29) is 11.5 Å². The quantitative estimate of drug-likeness (QED) is 0.540. The first-order valence-corrected chi connectivity index (χ1v) is 16.0. The standard InChI is InChI=1S/C28H39NO6S/c30-36(31)13-10-29(11-14-36)9-12-32-26-3-1-22(2-4-26)23-5-7-27(8-6-23)33-28(35-34-27)24-16-20-15-21(18-24)19-25(28)17-20/h1-4,20-21,23-25H,5-19H2/t20?,21?,23-,24?,25?,27+,28-. The lowest BCUT2D eigenvalue weighted by Gasteiger charge is -2.57. The molecule has 198 valence electrons. The van der Waals surface area contributed by atoms with Gasteiger partial charge in [-0.15, -0.1) is 0 Å². The third-order valence-electron chi connectivity index (χ3n) is 10.2. The smallest absolute Gasteiger partial charge is 0.210 e. The normalized spacial score (nSPS) is 43.4. The van der Waals surface area contributed by atoms with Gasteiger partial charge in [-0.3, -0.25) is 4.90 Å². The van der Waals surface area contributed by atoms with Crippen LogP contribution in [0, 0.1) is 23.7 Å². The minimum atomic E-state index is -2.83. The molecule has 36 heavy (non-hydrogen) atoms. The van der Waals surface area contributed by atoms with Gasteiger partial charge < -0.3 is 9.47 Å². The van der Waals surface area contributed by atoms with Gasteiger partial charge in [-0.1, -0.05) is 12.1 Å². The van der Waals surface area contributed by atoms with Crippen LogP contribution in [-0.2, 0) is 24.3 Å². The molecule has 8 rings (SSSR count). The zero-order valence-corrected chi connectivity index (χ0v) is 21.9. The van der Waals surface area contributed by atoms with Crippen LogP contribution in [0.5, 0.6) is 5.75 Å². The van der Waals surface area contributed by atoms with Crippen molar-refractivity contribution in [2.24, 2.45) is 23.7 Å². The highest BCUT2D eigenvalue weighted by atomic mass is 32.2. The van der Waals surface area contributed by atoms with Gasteiger partial charge in [0.25, 0.3) is 0 Å². The van der Waals surface area contributed by atoms with Crippen LogP contribution in [0.3, 0.4) is 0 Å². The van der Waals surface area contributed by atoms with Crippen LogP contribution in [0.2, 0.25) is 0 Å². The maximum atomic E-state index is 11.6. The van der Waals surface area contributed by atoms with E-state index in [1.807, 2.05) is 0 Å². The van der Waals surface area contributed by atoms with Crippen LogP contribution in [0.4, 0.5) is 0 Å². The SMILES string of the molecule is O=S1(=O)CCN(CCOc2ccc([C@H]3CC[C@]4(CC3)OO[C@]3(O4)C4CC5CC(C4)CC3C5)cc2)CC1. The molecule has 8 heteroatoms. The number of sulfone groups is 1. The molecule has 0 aromatic heterocycles. The molecule has 7 aliphatic rings. The number of benzene rings is 1. The van der Waals surface area contributed by atoms with Gasteiger partial charge in [-0.2, -0.15) is 9.78 Å². The summed E-state index contributed by atoms with van der Waals surface area (Å²) in [5, 5.41) is 0. The summed E-state index contributed by atoms with van der Waals surface area (Å²) in [6, 6.07) is 8.51. The van der Waals surface area contributed by atoms with Crippen LogP contribution >= 0.6 is 0 Å². The maximum Gasteiger partial charge on any atom is 0.210 e. The lowest BCUT2D eigenvalue weighted by atomic mass is 9.53. The van der Waals surface area contributed by atoms with E-state index in [9.17, 15) is 8.42 Å². The van der Waals surface area contributed by atoms with Crippen LogP contribution < -0.4 is 4.74 Å². The lowest BCUT2D eigenvalue weighted by Crippen LogP contribution is -2.59. The molecule has 0 N–H and O–H groups in total. The van der Waals surface area contributed by atoms with E-state index in [1.165, 1.54) is 37.7 Å². The second-order valence-electron chi connectivity index (χ2n) is 12.4. The maximum absolute atomic E-state index is 11.6. The van der Waals surface area contributed by atoms with Crippen molar-refractivity contribution in [3.63, 3.8) is 0 Å². The summed E-state index contributed by atoms with van der Waals surface area (Å²) in [6.07, 6.45) is 10.3. The van der Waals surface area contributed by atoms with Crippen molar-refractivity contribution < 1.29 is 27.7 Å². The highest BCUT2D eigenvalue weighted by molar-refractivity contribution is 7.91. The van der Waals surface area contributed by atoms with E-state index < -0.39 is 21.4 Å². The minimum Gasteiger partial charge on any atom is -0.492 e. The summed E-state index contributed by atoms with van der Waals surface area (Å²) in [6.45, 7) is 2.55. The molecular formula is C28H39NO6S. The predicted molar refractivity (Wildman–Crippen MR) is 134 cm³/mol. The molecule has 5 saturated carbocycles. The largest absolute Gasteiger partial charge is 0.492 e. The van der Waals surface area contributed by atoms with Crippen molar-refractivity contribution in [1.29, 1.82) is 0 Å². The minimum absolute atomic E-state index is 0.260. The molecule has 2 saturated heterocycles. The Bertz CT molecular complexity index is 1020. The van der Waals surface area contributed by atoms with Crippen LogP contribution in [0.25, 0.3) is 0 Å². The summed E-state index contributed by atoms with van der Waals surface area (Å²) in [4.78, 5) is 14.4. The monoisotopic (exact) mass is 517 g/mol. The van der Waals surface area contributed by atoms with E-state index in [0.717, 1.165) is 49.8 Å². The zero-order valence-electron chi connectivity index (χ0n) is 21.1. The summed E-state index contributed by atoms with van der Waals surface area (Å²) in [5.74, 6) is 3.66. The molecule has 0 amide bonds. The Labute approximate surface area is 214 Å². The number of ether oxygens (including phenoxy) is 2. The van der Waals surface area contributed by atoms with E-state index in [4.69, 9.17) is 19.2 Å². The fourth-order valence-corrected chi connectivity index (χ4v) is 9.57. The predicted octanol–water partition coefficient (Wildman–Crippen LogP) is 4.28. The van der Waals surface area contributed by atoms with Crippen LogP contribution in [0.15, 0.2) is 24.3 Å². The van der Waals surface area contributed by atoms with Crippen LogP contribution in [-0.4, -0.2) is 62.6 Å². The fourth-order valence-electron chi connectivity index (χ4n) is 8.29. The molecule has 0 radical (unpaired) electrons. The first kappa shape index (κ1) is 23.9. The van der Waals surface area contributed by atoms with Crippen molar-refractivity contribution in [3.05, 3.63) is 29.8 Å². The third-order valence-corrected chi connectivity index (χ3v) is 11.8. The highest BCUT2D eigenvalue weighted by Crippen LogP contribution is 2.64. The second kappa shape index (κ2) is 8.94. The number of hydrogen-bond donors (Lipinski definition) is 0. The van der Waals surface area contributed by atoms with E-state index in [2.05, 4.69) is 29.2 Å². The highest BCUT2D eigenvalue weighted by Gasteiger charge is 2.66. The molecule has 2 spiro atoms. The number of hydrogen-bond acceptors (Lipinski definition) is 7. The van der Waals surface area contributed by atoms with Crippen molar-refractivity contribution in [3.8, 4) is 5.75 Å². The van der Waals surface area contributed by atoms with Gasteiger partial charge in [0.05, 0.1) is 11.5 Å². The molecule has 4 bridgehead atoms. The molecule has 2 heterocycles. The van der Waals surface area contributed by atoms with E-state index >= 15 is 0 Å². The second-order valence-corrected chi connectivity index (χ2v) is 14.7. The topological polar surface area (TPSA) is 74.3 Å². The molecule has 2 aliphatic heterocycles. The van der Waals surface area contributed by atoms with Gasteiger partial charge in [0, 0.05) is 44.3 Å². The molecule has 0 unspecified atom stereocenters. The number of rotatable bonds is 5. The summed E-state index contributed by atoms with van der Waals surface area (Å²) in [5.41, 5.74) is 1.35. The Morgan fingerprint density at radius 2 is 1.53 bits per heavy atom. The Morgan fingerprint density at radius 3 is 2.17 bits per heavy atom. The Hall–Kier alpha value is -1.19. The van der Waals surface area contributed by atoms with Gasteiger partial charge in [-0.25, -0.2) is 8.42 Å². The first-order chi connectivity index (χ1) is 17.4. The van der Waals surface area contributed by atoms with Crippen molar-refractivity contribution in [2.75, 3.05) is 37.7 Å². The zero-order chi connectivity index (χ0) is 24.4. The Balaban J connectivity index is 0.907. The first-order valence-electron chi connectivity index (χ1n) is 14.1. The fraction of sp³-hybridized carbons (Fsp3) is 0.786. The Kier molecular flexibility index (Phi) is 5.93. The molecule has 1 aromatic carbocycles. The summed E-state index contributed by atoms with van der Waals surface area (Å²) in [7, 11) is -2.83. The van der Waals surface area contributed by atoms with Gasteiger partial charge >= 0.3 is 0 Å². The summed E-state index contributed by atoms with van der Waals surface area (Å²) >= 11 is 0. The molecule has 0 atom stereocenters. The van der Waals surface area contributed by atoms with Crippen molar-refractivity contribution in [1.82, 2.24) is 4.90 Å². The van der Waals surface area contributed by atoms with Gasteiger partial charge in [0.2, 0.25) is 11.6 Å². The van der Waals surface area contributed by atoms with Gasteiger partial charge in [0.15, 0.2) is 9.84 Å². The van der Waals surface area contributed by atoms with Crippen molar-refractivity contribution in [2.45, 2.75) is 75.3 Å². The molecule has 5 aliphatic carbocycles. The van der Waals surface area contributed by atoms with E-state index in [0.29, 0.717) is 37.5 Å².